The van der Waals surface area contributed by atoms with E-state index in [1.165, 1.54) is 0 Å². The van der Waals surface area contributed by atoms with E-state index >= 15 is 0 Å². The summed E-state index contributed by atoms with van der Waals surface area (Å²) in [6.45, 7) is 1.45. The molecule has 1 amide bonds. The molecule has 64 valence electrons. The normalized spacial score (nSPS) is 18.5. The van der Waals surface area contributed by atoms with Crippen molar-refractivity contribution < 1.29 is 9.63 Å². The van der Waals surface area contributed by atoms with Gasteiger partial charge in [-0.25, -0.2) is 0 Å². The molecule has 1 rings (SSSR count). The van der Waals surface area contributed by atoms with Crippen LogP contribution in [-0.4, -0.2) is 43.2 Å². The lowest BCUT2D eigenvalue weighted by Crippen LogP contribution is -2.35. The third-order valence-corrected chi connectivity index (χ3v) is 1.85. The first kappa shape index (κ1) is 8.49. The Morgan fingerprint density at radius 1 is 1.73 bits per heavy atom. The number of carbonyl (C=O) groups is 1. The number of hydroxylamine groups is 2. The Bertz CT molecular complexity index is 149. The zero-order valence-corrected chi connectivity index (χ0v) is 7.04. The molecule has 11 heavy (non-hydrogen) atoms. The van der Waals surface area contributed by atoms with Crippen LogP contribution in [0.5, 0.6) is 0 Å². The van der Waals surface area contributed by atoms with E-state index in [4.69, 9.17) is 4.84 Å². The Balaban J connectivity index is 2.30. The highest BCUT2D eigenvalue weighted by Crippen LogP contribution is 2.09. The maximum atomic E-state index is 11.1. The summed E-state index contributed by atoms with van der Waals surface area (Å²) >= 11 is 0. The minimum Gasteiger partial charge on any atom is -0.328 e. The number of nitrogens with zero attached hydrogens (tertiary/aromatic N) is 2. The molecule has 0 saturated carbocycles. The summed E-state index contributed by atoms with van der Waals surface area (Å²) < 4.78 is 0. The minimum absolute atomic E-state index is 0.230. The lowest BCUT2D eigenvalue weighted by molar-refractivity contribution is -0.153. The summed E-state index contributed by atoms with van der Waals surface area (Å²) in [5, 5.41) is 1.64. The van der Waals surface area contributed by atoms with Crippen molar-refractivity contribution in [1.29, 1.82) is 0 Å². The van der Waals surface area contributed by atoms with Crippen LogP contribution in [0.15, 0.2) is 0 Å². The number of carbonyl (C=O) groups excluding carboxylic acids is 1. The molecule has 0 unspecified atom stereocenters. The van der Waals surface area contributed by atoms with Crippen LogP contribution in [0.3, 0.4) is 0 Å². The molecule has 0 aromatic rings. The topological polar surface area (TPSA) is 32.8 Å². The summed E-state index contributed by atoms with van der Waals surface area (Å²) in [5.41, 5.74) is 0. The van der Waals surface area contributed by atoms with E-state index in [9.17, 15) is 4.79 Å². The van der Waals surface area contributed by atoms with E-state index in [1.54, 1.807) is 17.1 Å². The molecule has 0 radical (unpaired) electrons. The Kier molecular flexibility index (Phi) is 2.84. The van der Waals surface area contributed by atoms with E-state index in [-0.39, 0.29) is 5.91 Å². The van der Waals surface area contributed by atoms with Gasteiger partial charge in [0.2, 0.25) is 5.91 Å². The van der Waals surface area contributed by atoms with Crippen LogP contribution in [0.1, 0.15) is 12.8 Å². The number of hydrogen-bond donors (Lipinski definition) is 0. The highest BCUT2D eigenvalue weighted by atomic mass is 16.7. The fourth-order valence-electron chi connectivity index (χ4n) is 1.15. The summed E-state index contributed by atoms with van der Waals surface area (Å²) in [7, 11) is 3.41. The second-order valence-corrected chi connectivity index (χ2v) is 2.71. The second kappa shape index (κ2) is 3.69. The SMILES string of the molecule is CON(C)CN1CCCC1=O. The van der Waals surface area contributed by atoms with Crippen LogP contribution in [0.25, 0.3) is 0 Å². The lowest BCUT2D eigenvalue weighted by atomic mass is 10.4. The molecule has 0 spiro atoms. The minimum atomic E-state index is 0.230. The van der Waals surface area contributed by atoms with E-state index in [0.29, 0.717) is 13.1 Å². The molecular formula is C7H14N2O2. The Hall–Kier alpha value is -0.610. The van der Waals surface area contributed by atoms with E-state index in [2.05, 4.69) is 0 Å². The standard InChI is InChI=1S/C7H14N2O2/c1-8(11-2)6-9-5-3-4-7(9)10/h3-6H2,1-2H3. The number of amides is 1. The molecule has 1 aliphatic heterocycles. The average molecular weight is 158 g/mol. The van der Waals surface area contributed by atoms with Crippen LogP contribution in [0.2, 0.25) is 0 Å². The first-order chi connectivity index (χ1) is 5.24. The molecule has 4 nitrogen and oxygen atoms in total. The van der Waals surface area contributed by atoms with Gasteiger partial charge in [-0.2, -0.15) is 5.06 Å². The quantitative estimate of drug-likeness (QED) is 0.544. The summed E-state index contributed by atoms with van der Waals surface area (Å²) in [6, 6.07) is 0. The van der Waals surface area contributed by atoms with Crippen molar-refractivity contribution in [1.82, 2.24) is 9.96 Å². The molecule has 1 heterocycles. The van der Waals surface area contributed by atoms with Gasteiger partial charge in [-0.3, -0.25) is 4.79 Å². The van der Waals surface area contributed by atoms with Gasteiger partial charge >= 0.3 is 0 Å². The van der Waals surface area contributed by atoms with Gasteiger partial charge in [0.1, 0.15) is 0 Å². The van der Waals surface area contributed by atoms with Crippen molar-refractivity contribution in [3.63, 3.8) is 0 Å². The highest BCUT2D eigenvalue weighted by molar-refractivity contribution is 5.77. The predicted molar refractivity (Wildman–Crippen MR) is 40.6 cm³/mol. The predicted octanol–water partition coefficient (Wildman–Crippen LogP) is 0.0595. The van der Waals surface area contributed by atoms with Gasteiger partial charge in [0, 0.05) is 20.0 Å². The van der Waals surface area contributed by atoms with Crippen molar-refractivity contribution in [3.8, 4) is 0 Å². The number of rotatable bonds is 3. The molecule has 4 heteroatoms. The lowest BCUT2D eigenvalue weighted by Gasteiger charge is -2.21. The monoisotopic (exact) mass is 158 g/mol. The molecule has 1 saturated heterocycles. The van der Waals surface area contributed by atoms with Gasteiger partial charge in [0.05, 0.1) is 13.8 Å². The molecular weight excluding hydrogens is 144 g/mol. The van der Waals surface area contributed by atoms with Gasteiger partial charge < -0.3 is 9.74 Å². The fourth-order valence-corrected chi connectivity index (χ4v) is 1.15. The summed E-state index contributed by atoms with van der Waals surface area (Å²) in [5.74, 6) is 0.230. The van der Waals surface area contributed by atoms with Gasteiger partial charge in [-0.1, -0.05) is 0 Å². The molecule has 0 bridgehead atoms. The van der Waals surface area contributed by atoms with Gasteiger partial charge in [-0.05, 0) is 6.42 Å². The third-order valence-electron chi connectivity index (χ3n) is 1.85. The molecule has 0 aromatic heterocycles. The van der Waals surface area contributed by atoms with Crippen molar-refractivity contribution in [2.24, 2.45) is 0 Å². The highest BCUT2D eigenvalue weighted by Gasteiger charge is 2.20. The van der Waals surface area contributed by atoms with Crippen molar-refractivity contribution in [3.05, 3.63) is 0 Å². The largest absolute Gasteiger partial charge is 0.328 e. The first-order valence-electron chi connectivity index (χ1n) is 3.77. The third kappa shape index (κ3) is 2.17. The van der Waals surface area contributed by atoms with Crippen LogP contribution >= 0.6 is 0 Å². The van der Waals surface area contributed by atoms with Gasteiger partial charge in [0.15, 0.2) is 0 Å². The summed E-state index contributed by atoms with van der Waals surface area (Å²) in [6.07, 6.45) is 1.67. The Morgan fingerprint density at radius 2 is 2.45 bits per heavy atom. The number of likely N-dealkylation sites (tertiary alicyclic amines) is 1. The molecule has 0 aromatic carbocycles. The van der Waals surface area contributed by atoms with Crippen molar-refractivity contribution in [2.75, 3.05) is 27.4 Å². The Labute approximate surface area is 66.7 Å². The van der Waals surface area contributed by atoms with E-state index in [0.717, 1.165) is 13.0 Å². The molecule has 0 atom stereocenters. The maximum absolute atomic E-state index is 11.1. The van der Waals surface area contributed by atoms with E-state index in [1.807, 2.05) is 7.05 Å². The molecule has 1 fully saturated rings. The van der Waals surface area contributed by atoms with Crippen LogP contribution in [0, 0.1) is 0 Å². The van der Waals surface area contributed by atoms with E-state index < -0.39 is 0 Å². The summed E-state index contributed by atoms with van der Waals surface area (Å²) in [4.78, 5) is 17.8. The zero-order chi connectivity index (χ0) is 8.27. The van der Waals surface area contributed by atoms with Gasteiger partial charge in [-0.15, -0.1) is 0 Å². The molecule has 0 aliphatic carbocycles. The van der Waals surface area contributed by atoms with Crippen molar-refractivity contribution >= 4 is 5.91 Å². The second-order valence-electron chi connectivity index (χ2n) is 2.71. The van der Waals surface area contributed by atoms with Crippen LogP contribution < -0.4 is 0 Å². The van der Waals surface area contributed by atoms with Crippen molar-refractivity contribution in [2.45, 2.75) is 12.8 Å². The van der Waals surface area contributed by atoms with Crippen LogP contribution in [-0.2, 0) is 9.63 Å². The Morgan fingerprint density at radius 3 is 2.91 bits per heavy atom. The maximum Gasteiger partial charge on any atom is 0.223 e. The average Bonchev–Trinajstić information content (AvgIpc) is 2.37. The smallest absolute Gasteiger partial charge is 0.223 e. The molecule has 1 aliphatic rings. The number of hydrogen-bond acceptors (Lipinski definition) is 3. The first-order valence-corrected chi connectivity index (χ1v) is 3.77. The fraction of sp³-hybridized carbons (Fsp3) is 0.857. The zero-order valence-electron chi connectivity index (χ0n) is 7.04. The van der Waals surface area contributed by atoms with Gasteiger partial charge in [0.25, 0.3) is 0 Å². The van der Waals surface area contributed by atoms with Crippen LogP contribution in [0.4, 0.5) is 0 Å². The molecule has 0 N–H and O–H groups in total.